The zero-order valence-corrected chi connectivity index (χ0v) is 19.2. The first-order chi connectivity index (χ1) is 14.8. The summed E-state index contributed by atoms with van der Waals surface area (Å²) in [5.41, 5.74) is 1.03. The van der Waals surface area contributed by atoms with Gasteiger partial charge in [0.05, 0.1) is 4.90 Å². The molecule has 0 aliphatic heterocycles. The second-order valence-corrected chi connectivity index (χ2v) is 9.73. The van der Waals surface area contributed by atoms with Crippen molar-refractivity contribution in [3.8, 4) is 11.5 Å². The number of sulfonamides is 1. The van der Waals surface area contributed by atoms with Crippen LogP contribution >= 0.6 is 11.8 Å². The van der Waals surface area contributed by atoms with Crippen LogP contribution < -0.4 is 5.32 Å². The molecule has 3 aromatic rings. The van der Waals surface area contributed by atoms with E-state index in [4.69, 9.17) is 4.42 Å². The Hall–Kier alpha value is -2.69. The molecule has 0 saturated heterocycles. The number of hydrogen-bond donors (Lipinski definition) is 1. The van der Waals surface area contributed by atoms with Crippen molar-refractivity contribution in [1.82, 2.24) is 14.5 Å². The van der Waals surface area contributed by atoms with E-state index in [1.807, 2.05) is 37.4 Å². The van der Waals surface area contributed by atoms with Gasteiger partial charge in [-0.2, -0.15) is 0 Å². The number of aromatic nitrogens is 2. The monoisotopic (exact) mass is 460 g/mol. The van der Waals surface area contributed by atoms with Gasteiger partial charge in [0, 0.05) is 29.6 Å². The molecule has 2 aromatic carbocycles. The third-order valence-electron chi connectivity index (χ3n) is 4.61. The van der Waals surface area contributed by atoms with Crippen molar-refractivity contribution in [1.29, 1.82) is 0 Å². The highest BCUT2D eigenvalue weighted by Crippen LogP contribution is 2.25. The molecule has 0 spiro atoms. The molecule has 0 bridgehead atoms. The van der Waals surface area contributed by atoms with Crippen LogP contribution in [0.25, 0.3) is 11.5 Å². The van der Waals surface area contributed by atoms with Crippen LogP contribution in [0.2, 0.25) is 0 Å². The van der Waals surface area contributed by atoms with Crippen molar-refractivity contribution < 1.29 is 17.6 Å². The van der Waals surface area contributed by atoms with Gasteiger partial charge in [0.1, 0.15) is 0 Å². The van der Waals surface area contributed by atoms with Crippen molar-refractivity contribution in [3.05, 3.63) is 54.1 Å². The van der Waals surface area contributed by atoms with Crippen molar-refractivity contribution in [2.75, 3.05) is 25.2 Å². The fraction of sp³-hybridized carbons (Fsp3) is 0.286. The molecular formula is C21H24N4O4S2. The normalized spacial score (nSPS) is 11.6. The minimum absolute atomic E-state index is 0.0365. The number of nitrogens with one attached hydrogen (secondary N) is 1. The minimum atomic E-state index is -3.59. The number of carbonyl (C=O) groups is 1. The molecule has 0 aliphatic carbocycles. The van der Waals surface area contributed by atoms with Gasteiger partial charge in [-0.05, 0) is 55.1 Å². The maximum atomic E-state index is 12.6. The highest BCUT2D eigenvalue weighted by Gasteiger charge is 2.21. The van der Waals surface area contributed by atoms with Crippen LogP contribution in [0.4, 0.5) is 6.01 Å². The largest absolute Gasteiger partial charge is 0.403 e. The van der Waals surface area contributed by atoms with E-state index >= 15 is 0 Å². The number of hydrogen-bond acceptors (Lipinski definition) is 7. The highest BCUT2D eigenvalue weighted by atomic mass is 32.2. The molecule has 164 valence electrons. The first-order valence-corrected chi connectivity index (χ1v) is 12.4. The van der Waals surface area contributed by atoms with Gasteiger partial charge < -0.3 is 4.42 Å². The topological polar surface area (TPSA) is 105 Å². The Kier molecular flexibility index (Phi) is 7.47. The summed E-state index contributed by atoms with van der Waals surface area (Å²) in [4.78, 5) is 13.7. The lowest BCUT2D eigenvalue weighted by atomic mass is 10.2. The number of rotatable bonds is 9. The highest BCUT2D eigenvalue weighted by molar-refractivity contribution is 7.98. The number of unbranched alkanes of at least 4 members (excludes halogenated alkanes) is 1. The van der Waals surface area contributed by atoms with E-state index < -0.39 is 15.9 Å². The summed E-state index contributed by atoms with van der Waals surface area (Å²) in [7, 11) is -2.04. The third-order valence-corrected chi connectivity index (χ3v) is 7.21. The van der Waals surface area contributed by atoms with E-state index in [1.54, 1.807) is 18.8 Å². The number of carbonyl (C=O) groups excluding carboxylic acids is 1. The first-order valence-electron chi connectivity index (χ1n) is 9.71. The molecule has 31 heavy (non-hydrogen) atoms. The molecule has 1 amide bonds. The first kappa shape index (κ1) is 23.0. The molecule has 0 fully saturated rings. The minimum Gasteiger partial charge on any atom is -0.403 e. The molecular weight excluding hydrogens is 436 g/mol. The quantitative estimate of drug-likeness (QED) is 0.479. The Morgan fingerprint density at radius 1 is 1.16 bits per heavy atom. The molecule has 3 rings (SSSR count). The number of nitrogens with zero attached hydrogens (tertiary/aromatic N) is 3. The zero-order chi connectivity index (χ0) is 22.4. The Labute approximate surface area is 186 Å². The van der Waals surface area contributed by atoms with Crippen LogP contribution in [-0.2, 0) is 10.0 Å². The van der Waals surface area contributed by atoms with E-state index in [9.17, 15) is 13.2 Å². The predicted octanol–water partition coefficient (Wildman–Crippen LogP) is 4.13. The van der Waals surface area contributed by atoms with Gasteiger partial charge >= 0.3 is 6.01 Å². The summed E-state index contributed by atoms with van der Waals surface area (Å²) < 4.78 is 32.0. The molecule has 0 radical (unpaired) electrons. The maximum absolute atomic E-state index is 12.6. The summed E-state index contributed by atoms with van der Waals surface area (Å²) >= 11 is 1.60. The fourth-order valence-corrected chi connectivity index (χ4v) is 4.44. The third kappa shape index (κ3) is 5.52. The number of benzene rings is 2. The number of anilines is 1. The lowest BCUT2D eigenvalue weighted by Crippen LogP contribution is -2.28. The molecule has 10 heteroatoms. The summed E-state index contributed by atoms with van der Waals surface area (Å²) in [5.74, 6) is -0.181. The van der Waals surface area contributed by atoms with Crippen molar-refractivity contribution in [2.45, 2.75) is 29.6 Å². The average molecular weight is 461 g/mol. The summed E-state index contributed by atoms with van der Waals surface area (Å²) in [5, 5.41) is 10.4. The van der Waals surface area contributed by atoms with Crippen LogP contribution in [0.1, 0.15) is 30.1 Å². The van der Waals surface area contributed by atoms with E-state index in [0.717, 1.165) is 23.3 Å². The van der Waals surface area contributed by atoms with Crippen LogP contribution in [0.15, 0.2) is 62.7 Å². The SMILES string of the molecule is CCCCN(C)S(=O)(=O)c1ccc(C(=O)Nc2nnc(-c3cccc(SC)c3)o2)cc1. The van der Waals surface area contributed by atoms with E-state index in [-0.39, 0.29) is 16.5 Å². The molecule has 1 aromatic heterocycles. The van der Waals surface area contributed by atoms with Crippen molar-refractivity contribution in [2.24, 2.45) is 0 Å². The van der Waals surface area contributed by atoms with E-state index in [2.05, 4.69) is 15.5 Å². The molecule has 1 N–H and O–H groups in total. The zero-order valence-electron chi connectivity index (χ0n) is 17.5. The van der Waals surface area contributed by atoms with Gasteiger partial charge in [0.2, 0.25) is 15.9 Å². The second-order valence-electron chi connectivity index (χ2n) is 6.80. The summed E-state index contributed by atoms with van der Waals surface area (Å²) in [6, 6.07) is 13.3. The van der Waals surface area contributed by atoms with Crippen LogP contribution in [-0.4, -0.2) is 48.7 Å². The van der Waals surface area contributed by atoms with Crippen molar-refractivity contribution in [3.63, 3.8) is 0 Å². The molecule has 1 heterocycles. The molecule has 8 nitrogen and oxygen atoms in total. The fourth-order valence-electron chi connectivity index (χ4n) is 2.77. The van der Waals surface area contributed by atoms with Gasteiger partial charge in [0.25, 0.3) is 5.91 Å². The Morgan fingerprint density at radius 2 is 1.90 bits per heavy atom. The van der Waals surface area contributed by atoms with E-state index in [0.29, 0.717) is 12.4 Å². The predicted molar refractivity (Wildman–Crippen MR) is 121 cm³/mol. The maximum Gasteiger partial charge on any atom is 0.322 e. The lowest BCUT2D eigenvalue weighted by molar-refractivity contribution is 0.102. The average Bonchev–Trinajstić information content (AvgIpc) is 3.26. The molecule has 0 saturated carbocycles. The molecule has 0 unspecified atom stereocenters. The second kappa shape index (κ2) is 10.1. The van der Waals surface area contributed by atoms with Crippen LogP contribution in [0, 0.1) is 0 Å². The van der Waals surface area contributed by atoms with E-state index in [1.165, 1.54) is 28.6 Å². The van der Waals surface area contributed by atoms with Gasteiger partial charge in [-0.3, -0.25) is 10.1 Å². The molecule has 0 aliphatic rings. The lowest BCUT2D eigenvalue weighted by Gasteiger charge is -2.16. The standard InChI is InChI=1S/C21H24N4O4S2/c1-4-5-13-25(2)31(27,28)18-11-9-15(10-12-18)19(26)22-21-24-23-20(29-21)16-7-6-8-17(14-16)30-3/h6-12,14H,4-5,13H2,1-3H3,(H,22,24,26). The Bertz CT molecular complexity index is 1140. The number of amides is 1. The van der Waals surface area contributed by atoms with Gasteiger partial charge in [-0.15, -0.1) is 16.9 Å². The van der Waals surface area contributed by atoms with Crippen molar-refractivity contribution >= 4 is 33.7 Å². The smallest absolute Gasteiger partial charge is 0.322 e. The Balaban J connectivity index is 1.69. The molecule has 0 atom stereocenters. The van der Waals surface area contributed by atoms with Gasteiger partial charge in [-0.1, -0.05) is 24.5 Å². The summed E-state index contributed by atoms with van der Waals surface area (Å²) in [6.07, 6.45) is 3.65. The van der Waals surface area contributed by atoms with Crippen LogP contribution in [0.5, 0.6) is 0 Å². The Morgan fingerprint density at radius 3 is 2.58 bits per heavy atom. The van der Waals surface area contributed by atoms with Gasteiger partial charge in [-0.25, -0.2) is 12.7 Å². The van der Waals surface area contributed by atoms with Gasteiger partial charge in [0.15, 0.2) is 0 Å². The van der Waals surface area contributed by atoms with Crippen LogP contribution in [0.3, 0.4) is 0 Å². The number of thioether (sulfide) groups is 1. The summed E-state index contributed by atoms with van der Waals surface area (Å²) in [6.45, 7) is 2.45.